The highest BCUT2D eigenvalue weighted by Crippen LogP contribution is 2.28. The van der Waals surface area contributed by atoms with Crippen molar-refractivity contribution in [2.45, 2.75) is 40.2 Å². The van der Waals surface area contributed by atoms with Crippen LogP contribution >= 0.6 is 0 Å². The minimum absolute atomic E-state index is 0.104. The molecule has 1 aliphatic heterocycles. The molecule has 0 spiro atoms. The minimum atomic E-state index is -0.353. The fourth-order valence-corrected chi connectivity index (χ4v) is 4.37. The second-order valence-corrected chi connectivity index (χ2v) is 8.81. The van der Waals surface area contributed by atoms with Crippen LogP contribution < -0.4 is 10.2 Å². The Balaban J connectivity index is 1.71. The van der Waals surface area contributed by atoms with E-state index in [0.29, 0.717) is 50.6 Å². The Bertz CT molecular complexity index is 956. The van der Waals surface area contributed by atoms with Gasteiger partial charge in [-0.25, -0.2) is 4.39 Å². The Morgan fingerprint density at radius 3 is 2.21 bits per heavy atom. The SMILES string of the molecule is CC[C@H](C)C(=O)Nc1ccc(N2CCN(C(C(=O)N(CC)CC)c3ccccc3)CC2)c(F)c1. The smallest absolute Gasteiger partial charge is 0.244 e. The molecule has 1 unspecified atom stereocenters. The van der Waals surface area contributed by atoms with E-state index in [2.05, 4.69) is 10.2 Å². The van der Waals surface area contributed by atoms with E-state index >= 15 is 0 Å². The van der Waals surface area contributed by atoms with Crippen LogP contribution in [0.15, 0.2) is 48.5 Å². The Morgan fingerprint density at radius 1 is 1.00 bits per heavy atom. The number of hydrogen-bond acceptors (Lipinski definition) is 4. The summed E-state index contributed by atoms with van der Waals surface area (Å²) in [5.74, 6) is -0.466. The number of nitrogens with zero attached hydrogens (tertiary/aromatic N) is 3. The first-order chi connectivity index (χ1) is 16.4. The van der Waals surface area contributed by atoms with Crippen LogP contribution in [0.1, 0.15) is 45.7 Å². The van der Waals surface area contributed by atoms with Gasteiger partial charge >= 0.3 is 0 Å². The first-order valence-corrected chi connectivity index (χ1v) is 12.3. The molecule has 0 aromatic heterocycles. The second-order valence-electron chi connectivity index (χ2n) is 8.81. The van der Waals surface area contributed by atoms with Gasteiger partial charge in [0, 0.05) is 50.9 Å². The highest BCUT2D eigenvalue weighted by Gasteiger charge is 2.33. The average Bonchev–Trinajstić information content (AvgIpc) is 2.86. The number of halogens is 1. The van der Waals surface area contributed by atoms with Crippen LogP contribution in [-0.2, 0) is 9.59 Å². The molecular formula is C27H37FN4O2. The van der Waals surface area contributed by atoms with Crippen LogP contribution in [0.2, 0.25) is 0 Å². The molecule has 2 amide bonds. The van der Waals surface area contributed by atoms with Crippen molar-refractivity contribution in [2.75, 3.05) is 49.5 Å². The third-order valence-corrected chi connectivity index (χ3v) is 6.72. The quantitative estimate of drug-likeness (QED) is 0.587. The maximum atomic E-state index is 14.9. The van der Waals surface area contributed by atoms with Crippen molar-refractivity contribution in [3.63, 3.8) is 0 Å². The van der Waals surface area contributed by atoms with Crippen molar-refractivity contribution in [1.82, 2.24) is 9.80 Å². The molecule has 1 N–H and O–H groups in total. The standard InChI is InChI=1S/C27H37FN4O2/c1-5-20(4)26(33)29-22-13-14-24(23(28)19-22)31-15-17-32(18-16-31)25(21-11-9-8-10-12-21)27(34)30(6-2)7-3/h8-14,19-20,25H,5-7,15-18H2,1-4H3,(H,29,33)/t20-,25?/m0/s1. The highest BCUT2D eigenvalue weighted by molar-refractivity contribution is 5.92. The molecule has 6 nitrogen and oxygen atoms in total. The van der Waals surface area contributed by atoms with Crippen LogP contribution in [0.5, 0.6) is 0 Å². The predicted octanol–water partition coefficient (Wildman–Crippen LogP) is 4.54. The summed E-state index contributed by atoms with van der Waals surface area (Å²) in [4.78, 5) is 31.6. The molecule has 0 aliphatic carbocycles. The second kappa shape index (κ2) is 12.0. The molecule has 0 saturated carbocycles. The van der Waals surface area contributed by atoms with E-state index in [1.54, 1.807) is 12.1 Å². The molecule has 184 valence electrons. The molecule has 3 rings (SSSR count). The number of carbonyl (C=O) groups is 2. The summed E-state index contributed by atoms with van der Waals surface area (Å²) in [7, 11) is 0. The van der Waals surface area contributed by atoms with E-state index in [1.165, 1.54) is 6.07 Å². The largest absolute Gasteiger partial charge is 0.367 e. The van der Waals surface area contributed by atoms with Gasteiger partial charge < -0.3 is 15.1 Å². The Morgan fingerprint density at radius 2 is 1.65 bits per heavy atom. The Hall–Kier alpha value is -2.93. The zero-order valence-corrected chi connectivity index (χ0v) is 20.8. The van der Waals surface area contributed by atoms with E-state index < -0.39 is 0 Å². The number of carbonyl (C=O) groups excluding carboxylic acids is 2. The molecular weight excluding hydrogens is 431 g/mol. The van der Waals surface area contributed by atoms with E-state index in [0.717, 1.165) is 12.0 Å². The monoisotopic (exact) mass is 468 g/mol. The van der Waals surface area contributed by atoms with E-state index in [4.69, 9.17) is 0 Å². The number of benzene rings is 2. The Kier molecular flexibility index (Phi) is 9.05. The fourth-order valence-electron chi connectivity index (χ4n) is 4.37. The van der Waals surface area contributed by atoms with E-state index in [-0.39, 0.29) is 29.6 Å². The van der Waals surface area contributed by atoms with Gasteiger partial charge in [-0.3, -0.25) is 14.5 Å². The molecule has 2 aromatic carbocycles. The normalized spacial score (nSPS) is 16.1. The van der Waals surface area contributed by atoms with Crippen LogP contribution in [0, 0.1) is 11.7 Å². The van der Waals surface area contributed by atoms with Crippen LogP contribution in [0.3, 0.4) is 0 Å². The topological polar surface area (TPSA) is 55.9 Å². The number of likely N-dealkylation sites (N-methyl/N-ethyl adjacent to an activating group) is 1. The number of nitrogens with one attached hydrogen (secondary N) is 1. The number of amides is 2. The third-order valence-electron chi connectivity index (χ3n) is 6.72. The Labute approximate surface area is 202 Å². The van der Waals surface area contributed by atoms with Gasteiger partial charge in [-0.15, -0.1) is 0 Å². The molecule has 1 fully saturated rings. The van der Waals surface area contributed by atoms with Crippen molar-refractivity contribution in [2.24, 2.45) is 5.92 Å². The zero-order chi connectivity index (χ0) is 24.7. The molecule has 34 heavy (non-hydrogen) atoms. The third kappa shape index (κ3) is 5.95. The molecule has 0 bridgehead atoms. The lowest BCUT2D eigenvalue weighted by molar-refractivity contribution is -0.137. The van der Waals surface area contributed by atoms with Gasteiger partial charge in [0.2, 0.25) is 11.8 Å². The van der Waals surface area contributed by atoms with Crippen molar-refractivity contribution in [3.8, 4) is 0 Å². The average molecular weight is 469 g/mol. The van der Waals surface area contributed by atoms with Crippen molar-refractivity contribution in [1.29, 1.82) is 0 Å². The van der Waals surface area contributed by atoms with E-state index in [9.17, 15) is 14.0 Å². The summed E-state index contributed by atoms with van der Waals surface area (Å²) < 4.78 is 14.9. The first kappa shape index (κ1) is 25.7. The van der Waals surface area contributed by atoms with Crippen LogP contribution in [0.4, 0.5) is 15.8 Å². The zero-order valence-electron chi connectivity index (χ0n) is 20.8. The number of piperazine rings is 1. The predicted molar refractivity (Wildman–Crippen MR) is 135 cm³/mol. The summed E-state index contributed by atoms with van der Waals surface area (Å²) in [6.07, 6.45) is 0.734. The molecule has 2 aromatic rings. The van der Waals surface area contributed by atoms with Gasteiger partial charge in [-0.1, -0.05) is 44.2 Å². The molecule has 7 heteroatoms. The summed E-state index contributed by atoms with van der Waals surface area (Å²) in [5.41, 5.74) is 1.98. The maximum absolute atomic E-state index is 14.9. The summed E-state index contributed by atoms with van der Waals surface area (Å²) >= 11 is 0. The maximum Gasteiger partial charge on any atom is 0.244 e. The molecule has 1 saturated heterocycles. The van der Waals surface area contributed by atoms with Gasteiger partial charge in [-0.05, 0) is 44.0 Å². The van der Waals surface area contributed by atoms with Crippen molar-refractivity contribution >= 4 is 23.2 Å². The van der Waals surface area contributed by atoms with E-state index in [1.807, 2.05) is 67.8 Å². The molecule has 1 aliphatic rings. The van der Waals surface area contributed by atoms with Crippen molar-refractivity contribution in [3.05, 3.63) is 59.9 Å². The number of anilines is 2. The van der Waals surface area contributed by atoms with Gasteiger partial charge in [0.15, 0.2) is 0 Å². The van der Waals surface area contributed by atoms with Crippen LogP contribution in [0.25, 0.3) is 0 Å². The van der Waals surface area contributed by atoms with Gasteiger partial charge in [0.1, 0.15) is 11.9 Å². The van der Waals surface area contributed by atoms with Gasteiger partial charge in [0.25, 0.3) is 0 Å². The van der Waals surface area contributed by atoms with Crippen molar-refractivity contribution < 1.29 is 14.0 Å². The van der Waals surface area contributed by atoms with Gasteiger partial charge in [0.05, 0.1) is 5.69 Å². The lowest BCUT2D eigenvalue weighted by atomic mass is 10.0. The highest BCUT2D eigenvalue weighted by atomic mass is 19.1. The minimum Gasteiger partial charge on any atom is -0.367 e. The molecule has 0 radical (unpaired) electrons. The number of rotatable bonds is 9. The summed E-state index contributed by atoms with van der Waals surface area (Å²) in [6, 6.07) is 14.4. The lowest BCUT2D eigenvalue weighted by Crippen LogP contribution is -2.51. The summed E-state index contributed by atoms with van der Waals surface area (Å²) in [5, 5.41) is 2.79. The molecule has 1 heterocycles. The fraction of sp³-hybridized carbons (Fsp3) is 0.481. The number of hydrogen-bond donors (Lipinski definition) is 1. The first-order valence-electron chi connectivity index (χ1n) is 12.3. The van der Waals surface area contributed by atoms with Crippen LogP contribution in [-0.4, -0.2) is 60.9 Å². The van der Waals surface area contributed by atoms with Gasteiger partial charge in [-0.2, -0.15) is 0 Å². The summed E-state index contributed by atoms with van der Waals surface area (Å²) in [6.45, 7) is 11.7. The molecule has 2 atom stereocenters. The lowest BCUT2D eigenvalue weighted by Gasteiger charge is -2.41.